The van der Waals surface area contributed by atoms with Gasteiger partial charge in [0.2, 0.25) is 23.1 Å². The zero-order chi connectivity index (χ0) is 23.9. The van der Waals surface area contributed by atoms with Gasteiger partial charge in [-0.3, -0.25) is 20.2 Å². The second-order valence-corrected chi connectivity index (χ2v) is 6.42. The second-order valence-electron chi connectivity index (χ2n) is 6.42. The van der Waals surface area contributed by atoms with Crippen LogP contribution in [0.5, 0.6) is 11.5 Å². The molecule has 0 saturated heterocycles. The molecule has 13 heteroatoms. The average molecular weight is 456 g/mol. The van der Waals surface area contributed by atoms with Crippen LogP contribution in [-0.4, -0.2) is 20.1 Å². The van der Waals surface area contributed by atoms with E-state index in [1.165, 1.54) is 0 Å². The number of nitro groups is 2. The Morgan fingerprint density at radius 1 is 0.688 bits per heavy atom. The summed E-state index contributed by atoms with van der Waals surface area (Å²) in [6, 6.07) is 4.11. The molecule has 0 bridgehead atoms. The SMILES string of the molecule is O=[N+]([O-])c1cc(C(c2ccc(F)cc2)c2cc([N+](=O)[O-])c(O)c(F)c2F)c(F)c(F)c1O. The molecule has 0 aliphatic heterocycles. The highest BCUT2D eigenvalue weighted by atomic mass is 19.2. The molecule has 32 heavy (non-hydrogen) atoms. The van der Waals surface area contributed by atoms with E-state index in [9.17, 15) is 52.4 Å². The van der Waals surface area contributed by atoms with Gasteiger partial charge in [0.05, 0.1) is 9.85 Å². The third kappa shape index (κ3) is 3.64. The molecule has 0 atom stereocenters. The first-order chi connectivity index (χ1) is 15.0. The first kappa shape index (κ1) is 22.4. The molecular weight excluding hydrogens is 447 g/mol. The third-order valence-electron chi connectivity index (χ3n) is 4.60. The number of nitro benzene ring substituents is 2. The summed E-state index contributed by atoms with van der Waals surface area (Å²) in [6.45, 7) is 0. The minimum absolute atomic E-state index is 0.275. The van der Waals surface area contributed by atoms with E-state index < -0.39 is 78.9 Å². The van der Waals surface area contributed by atoms with Crippen molar-refractivity contribution in [2.24, 2.45) is 0 Å². The molecular formula is C19H9F5N2O6. The van der Waals surface area contributed by atoms with Crippen LogP contribution in [0.4, 0.5) is 33.3 Å². The maximum absolute atomic E-state index is 14.7. The number of halogens is 5. The Kier molecular flexibility index (Phi) is 5.66. The number of phenols is 2. The van der Waals surface area contributed by atoms with Crippen LogP contribution >= 0.6 is 0 Å². The summed E-state index contributed by atoms with van der Waals surface area (Å²) < 4.78 is 71.3. The lowest BCUT2D eigenvalue weighted by Crippen LogP contribution is -2.12. The molecule has 0 radical (unpaired) electrons. The monoisotopic (exact) mass is 456 g/mol. The molecule has 2 N–H and O–H groups in total. The first-order valence-corrected chi connectivity index (χ1v) is 8.41. The third-order valence-corrected chi connectivity index (χ3v) is 4.60. The number of hydrogen-bond donors (Lipinski definition) is 2. The van der Waals surface area contributed by atoms with Gasteiger partial charge >= 0.3 is 11.4 Å². The number of rotatable bonds is 5. The van der Waals surface area contributed by atoms with Crippen LogP contribution in [0.2, 0.25) is 0 Å². The van der Waals surface area contributed by atoms with E-state index in [1.807, 2.05) is 0 Å². The topological polar surface area (TPSA) is 127 Å². The fourth-order valence-corrected chi connectivity index (χ4v) is 3.12. The Labute approximate surface area is 174 Å². The van der Waals surface area contributed by atoms with Crippen LogP contribution in [0.3, 0.4) is 0 Å². The molecule has 0 aliphatic rings. The lowest BCUT2D eigenvalue weighted by molar-refractivity contribution is -0.386. The van der Waals surface area contributed by atoms with Crippen LogP contribution in [0.25, 0.3) is 0 Å². The number of hydrogen-bond acceptors (Lipinski definition) is 6. The van der Waals surface area contributed by atoms with Gasteiger partial charge in [-0.1, -0.05) is 12.1 Å². The zero-order valence-electron chi connectivity index (χ0n) is 15.4. The number of aromatic hydroxyl groups is 2. The van der Waals surface area contributed by atoms with Gasteiger partial charge in [-0.15, -0.1) is 0 Å². The van der Waals surface area contributed by atoms with Crippen molar-refractivity contribution in [2.45, 2.75) is 5.92 Å². The maximum Gasteiger partial charge on any atom is 0.314 e. The maximum atomic E-state index is 14.7. The normalized spacial score (nSPS) is 11.1. The van der Waals surface area contributed by atoms with Crippen molar-refractivity contribution in [2.75, 3.05) is 0 Å². The van der Waals surface area contributed by atoms with Gasteiger partial charge in [-0.2, -0.15) is 8.78 Å². The molecule has 3 aromatic rings. The summed E-state index contributed by atoms with van der Waals surface area (Å²) in [6.07, 6.45) is 0. The molecule has 0 fully saturated rings. The fraction of sp³-hybridized carbons (Fsp3) is 0.0526. The Hall–Kier alpha value is -4.29. The summed E-state index contributed by atoms with van der Waals surface area (Å²) in [7, 11) is 0. The summed E-state index contributed by atoms with van der Waals surface area (Å²) >= 11 is 0. The zero-order valence-corrected chi connectivity index (χ0v) is 15.4. The average Bonchev–Trinajstić information content (AvgIpc) is 2.74. The smallest absolute Gasteiger partial charge is 0.314 e. The quantitative estimate of drug-likeness (QED) is 0.246. The fourth-order valence-electron chi connectivity index (χ4n) is 3.12. The van der Waals surface area contributed by atoms with Gasteiger partial charge < -0.3 is 10.2 Å². The number of phenolic OH excluding ortho intramolecular Hbond substituents is 2. The summed E-state index contributed by atoms with van der Waals surface area (Å²) in [5, 5.41) is 41.3. The molecule has 3 rings (SSSR count). The van der Waals surface area contributed by atoms with Crippen molar-refractivity contribution in [3.63, 3.8) is 0 Å². The van der Waals surface area contributed by atoms with Crippen molar-refractivity contribution in [1.29, 1.82) is 0 Å². The largest absolute Gasteiger partial charge is 0.500 e. The standard InChI is InChI=1S/C19H9F5N2O6/c20-8-3-1-7(2-4-8)13(9-5-11(25(29)30)18(27)16(23)14(9)21)10-6-12(26(31)32)19(28)17(24)15(10)22/h1-6,13,27-28H. The van der Waals surface area contributed by atoms with Gasteiger partial charge in [-0.25, -0.2) is 13.2 Å². The number of nitrogens with zero attached hydrogens (tertiary/aromatic N) is 2. The molecule has 0 heterocycles. The predicted octanol–water partition coefficient (Wildman–Crippen LogP) is 4.79. The van der Waals surface area contributed by atoms with E-state index in [-0.39, 0.29) is 5.56 Å². The highest BCUT2D eigenvalue weighted by Gasteiger charge is 2.35. The van der Waals surface area contributed by atoms with Crippen molar-refractivity contribution >= 4 is 11.4 Å². The Balaban J connectivity index is 2.46. The van der Waals surface area contributed by atoms with Crippen LogP contribution in [0.1, 0.15) is 22.6 Å². The number of benzene rings is 3. The lowest BCUT2D eigenvalue weighted by atomic mass is 9.83. The Bertz CT molecular complexity index is 1190. The molecule has 0 aromatic heterocycles. The van der Waals surface area contributed by atoms with Crippen LogP contribution in [0, 0.1) is 49.3 Å². The van der Waals surface area contributed by atoms with E-state index in [2.05, 4.69) is 0 Å². The summed E-state index contributed by atoms with van der Waals surface area (Å²) in [5.74, 6) is -14.1. The van der Waals surface area contributed by atoms with Gasteiger partial charge in [-0.05, 0) is 17.7 Å². The van der Waals surface area contributed by atoms with E-state index in [1.54, 1.807) is 0 Å². The second kappa shape index (κ2) is 8.09. The highest BCUT2D eigenvalue weighted by Crippen LogP contribution is 2.44. The van der Waals surface area contributed by atoms with Crippen LogP contribution in [0.15, 0.2) is 36.4 Å². The minimum Gasteiger partial charge on any atom is -0.500 e. The molecule has 0 spiro atoms. The van der Waals surface area contributed by atoms with Crippen LogP contribution in [-0.2, 0) is 0 Å². The molecule has 0 amide bonds. The van der Waals surface area contributed by atoms with Crippen LogP contribution < -0.4 is 0 Å². The van der Waals surface area contributed by atoms with E-state index in [4.69, 9.17) is 0 Å². The van der Waals surface area contributed by atoms with Gasteiger partial charge in [0, 0.05) is 29.2 Å². The Morgan fingerprint density at radius 3 is 1.41 bits per heavy atom. The van der Waals surface area contributed by atoms with Crippen molar-refractivity contribution in [3.05, 3.63) is 102 Å². The lowest BCUT2D eigenvalue weighted by Gasteiger charge is -2.21. The first-order valence-electron chi connectivity index (χ1n) is 8.41. The van der Waals surface area contributed by atoms with Gasteiger partial charge in [0.15, 0.2) is 11.6 Å². The summed E-state index contributed by atoms with van der Waals surface area (Å²) in [4.78, 5) is 19.7. The van der Waals surface area contributed by atoms with Gasteiger partial charge in [0.1, 0.15) is 5.82 Å². The van der Waals surface area contributed by atoms with E-state index >= 15 is 0 Å². The van der Waals surface area contributed by atoms with E-state index in [0.29, 0.717) is 12.1 Å². The highest BCUT2D eigenvalue weighted by molar-refractivity contribution is 5.58. The summed E-state index contributed by atoms with van der Waals surface area (Å²) in [5.41, 5.74) is -4.97. The Morgan fingerprint density at radius 2 is 1.06 bits per heavy atom. The molecule has 0 saturated carbocycles. The molecule has 166 valence electrons. The van der Waals surface area contributed by atoms with Crippen molar-refractivity contribution in [1.82, 2.24) is 0 Å². The predicted molar refractivity (Wildman–Crippen MR) is 96.7 cm³/mol. The molecule has 3 aromatic carbocycles. The van der Waals surface area contributed by atoms with Gasteiger partial charge in [0.25, 0.3) is 0 Å². The molecule has 8 nitrogen and oxygen atoms in total. The minimum atomic E-state index is -2.09. The molecule has 0 unspecified atom stereocenters. The van der Waals surface area contributed by atoms with E-state index in [0.717, 1.165) is 24.3 Å². The van der Waals surface area contributed by atoms with Crippen molar-refractivity contribution < 1.29 is 42.0 Å². The van der Waals surface area contributed by atoms with Crippen molar-refractivity contribution in [3.8, 4) is 11.5 Å². The molecule has 0 aliphatic carbocycles.